The van der Waals surface area contributed by atoms with E-state index in [-0.39, 0.29) is 17.6 Å². The molecule has 1 saturated heterocycles. The number of piperazine rings is 1. The van der Waals surface area contributed by atoms with Gasteiger partial charge in [0, 0.05) is 49.8 Å². The minimum atomic E-state index is -0.222. The van der Waals surface area contributed by atoms with Gasteiger partial charge in [-0.2, -0.15) is 0 Å². The van der Waals surface area contributed by atoms with Gasteiger partial charge in [0.1, 0.15) is 5.75 Å². The maximum absolute atomic E-state index is 13.0. The number of hydrogen-bond donors (Lipinski definition) is 0. The Balaban J connectivity index is 1.38. The number of carbonyl (C=O) groups is 2. The Kier molecular flexibility index (Phi) is 4.84. The summed E-state index contributed by atoms with van der Waals surface area (Å²) in [6, 6.07) is 15.7. The molecule has 1 unspecified atom stereocenters. The summed E-state index contributed by atoms with van der Waals surface area (Å²) in [4.78, 5) is 29.6. The molecule has 27 heavy (non-hydrogen) atoms. The lowest BCUT2D eigenvalue weighted by molar-refractivity contribution is -0.135. The molecule has 2 aliphatic rings. The minimum absolute atomic E-state index is 0.0899. The quantitative estimate of drug-likeness (QED) is 0.840. The molecule has 5 heteroatoms. The summed E-state index contributed by atoms with van der Waals surface area (Å²) in [7, 11) is 1.66. The number of hydrogen-bond acceptors (Lipinski definition) is 4. The van der Waals surface area contributed by atoms with Crippen LogP contribution >= 0.6 is 0 Å². The van der Waals surface area contributed by atoms with E-state index in [2.05, 4.69) is 4.90 Å². The van der Waals surface area contributed by atoms with Crippen LogP contribution < -0.4 is 9.64 Å². The number of fused-ring (bicyclic) bond motifs is 1. The highest BCUT2D eigenvalue weighted by atomic mass is 16.5. The van der Waals surface area contributed by atoms with Crippen LogP contribution in [0.15, 0.2) is 48.5 Å². The third kappa shape index (κ3) is 3.54. The Morgan fingerprint density at radius 3 is 2.37 bits per heavy atom. The van der Waals surface area contributed by atoms with Crippen molar-refractivity contribution < 1.29 is 14.3 Å². The van der Waals surface area contributed by atoms with Crippen LogP contribution in [0.3, 0.4) is 0 Å². The largest absolute Gasteiger partial charge is 0.497 e. The number of carbonyl (C=O) groups excluding carboxylic acids is 2. The number of rotatable bonds is 3. The summed E-state index contributed by atoms with van der Waals surface area (Å²) in [5.74, 6) is 0.828. The van der Waals surface area contributed by atoms with E-state index in [1.165, 1.54) is 0 Å². The number of nitrogens with zero attached hydrogens (tertiary/aromatic N) is 2. The molecule has 2 aromatic rings. The number of ketones is 1. The molecule has 0 bridgehead atoms. The SMILES string of the molecule is COc1ccc(N2CCN(C(=O)C3CC(=O)c4ccccc4C3)CC2)cc1. The maximum atomic E-state index is 13.0. The van der Waals surface area contributed by atoms with Crippen molar-refractivity contribution in [1.82, 2.24) is 4.90 Å². The van der Waals surface area contributed by atoms with Crippen LogP contribution in [-0.2, 0) is 11.2 Å². The van der Waals surface area contributed by atoms with Gasteiger partial charge in [-0.05, 0) is 36.2 Å². The third-order valence-corrected chi connectivity index (χ3v) is 5.59. The van der Waals surface area contributed by atoms with E-state index in [1.807, 2.05) is 53.4 Å². The Bertz CT molecular complexity index is 839. The van der Waals surface area contributed by atoms with Gasteiger partial charge in [0.15, 0.2) is 5.78 Å². The fourth-order valence-electron chi connectivity index (χ4n) is 4.05. The number of benzene rings is 2. The van der Waals surface area contributed by atoms with E-state index in [0.29, 0.717) is 25.9 Å². The Hall–Kier alpha value is -2.82. The topological polar surface area (TPSA) is 49.9 Å². The van der Waals surface area contributed by atoms with Crippen molar-refractivity contribution in [2.75, 3.05) is 38.2 Å². The third-order valence-electron chi connectivity index (χ3n) is 5.59. The smallest absolute Gasteiger partial charge is 0.226 e. The molecule has 2 aromatic carbocycles. The summed E-state index contributed by atoms with van der Waals surface area (Å²) in [5, 5.41) is 0. The van der Waals surface area contributed by atoms with Crippen LogP contribution in [0.4, 0.5) is 5.69 Å². The lowest BCUT2D eigenvalue weighted by atomic mass is 9.82. The zero-order chi connectivity index (χ0) is 18.8. The minimum Gasteiger partial charge on any atom is -0.497 e. The van der Waals surface area contributed by atoms with Crippen molar-refractivity contribution in [3.8, 4) is 5.75 Å². The van der Waals surface area contributed by atoms with Crippen molar-refractivity contribution in [3.63, 3.8) is 0 Å². The number of anilines is 1. The van der Waals surface area contributed by atoms with Gasteiger partial charge in [-0.15, -0.1) is 0 Å². The molecule has 5 nitrogen and oxygen atoms in total. The van der Waals surface area contributed by atoms with Crippen molar-refractivity contribution >= 4 is 17.4 Å². The second kappa shape index (κ2) is 7.43. The highest BCUT2D eigenvalue weighted by Crippen LogP contribution is 2.28. The van der Waals surface area contributed by atoms with E-state index in [0.717, 1.165) is 35.7 Å². The first-order chi connectivity index (χ1) is 13.2. The summed E-state index contributed by atoms with van der Waals surface area (Å²) < 4.78 is 5.21. The first-order valence-electron chi connectivity index (χ1n) is 9.44. The highest BCUT2D eigenvalue weighted by Gasteiger charge is 2.33. The Morgan fingerprint density at radius 1 is 0.963 bits per heavy atom. The first kappa shape index (κ1) is 17.6. The first-order valence-corrected chi connectivity index (χ1v) is 9.44. The van der Waals surface area contributed by atoms with Gasteiger partial charge >= 0.3 is 0 Å². The zero-order valence-corrected chi connectivity index (χ0v) is 15.6. The van der Waals surface area contributed by atoms with Crippen molar-refractivity contribution in [2.45, 2.75) is 12.8 Å². The van der Waals surface area contributed by atoms with Gasteiger partial charge in [-0.25, -0.2) is 0 Å². The molecular formula is C22H24N2O3. The number of Topliss-reactive ketones (excluding diaryl/α,β-unsaturated/α-hetero) is 1. The molecule has 140 valence electrons. The van der Waals surface area contributed by atoms with Gasteiger partial charge in [0.2, 0.25) is 5.91 Å². The fourth-order valence-corrected chi connectivity index (χ4v) is 4.05. The summed E-state index contributed by atoms with van der Waals surface area (Å²) in [5.41, 5.74) is 2.93. The summed E-state index contributed by atoms with van der Waals surface area (Å²) in [6.45, 7) is 2.99. The van der Waals surface area contributed by atoms with Crippen LogP contribution in [0.2, 0.25) is 0 Å². The van der Waals surface area contributed by atoms with Crippen LogP contribution in [0.25, 0.3) is 0 Å². The molecule has 0 N–H and O–H groups in total. The van der Waals surface area contributed by atoms with E-state index in [9.17, 15) is 9.59 Å². The molecule has 1 heterocycles. The molecule has 0 radical (unpaired) electrons. The molecule has 1 fully saturated rings. The molecular weight excluding hydrogens is 340 g/mol. The fraction of sp³-hybridized carbons (Fsp3) is 0.364. The lowest BCUT2D eigenvalue weighted by Gasteiger charge is -2.38. The predicted octanol–water partition coefficient (Wildman–Crippen LogP) is 2.79. The van der Waals surface area contributed by atoms with Crippen LogP contribution in [0, 0.1) is 5.92 Å². The average molecular weight is 364 g/mol. The zero-order valence-electron chi connectivity index (χ0n) is 15.6. The summed E-state index contributed by atoms with van der Waals surface area (Å²) >= 11 is 0. The maximum Gasteiger partial charge on any atom is 0.226 e. The van der Waals surface area contributed by atoms with E-state index in [4.69, 9.17) is 4.74 Å². The lowest BCUT2D eigenvalue weighted by Crippen LogP contribution is -2.51. The van der Waals surface area contributed by atoms with Gasteiger partial charge in [-0.3, -0.25) is 9.59 Å². The standard InChI is InChI=1S/C22H24N2O3/c1-27-19-8-6-18(7-9-19)23-10-12-24(13-11-23)22(26)17-14-16-4-2-3-5-20(16)21(25)15-17/h2-9,17H,10-15H2,1H3. The van der Waals surface area contributed by atoms with E-state index < -0.39 is 0 Å². The second-order valence-corrected chi connectivity index (χ2v) is 7.20. The Morgan fingerprint density at radius 2 is 1.67 bits per heavy atom. The number of ether oxygens (including phenoxy) is 1. The monoisotopic (exact) mass is 364 g/mol. The molecule has 1 amide bonds. The van der Waals surface area contributed by atoms with Crippen molar-refractivity contribution in [1.29, 1.82) is 0 Å². The average Bonchev–Trinajstić information content (AvgIpc) is 2.73. The normalized spacial score (nSPS) is 19.6. The van der Waals surface area contributed by atoms with Gasteiger partial charge < -0.3 is 14.5 Å². The number of amides is 1. The predicted molar refractivity (Wildman–Crippen MR) is 104 cm³/mol. The van der Waals surface area contributed by atoms with Crippen LogP contribution in [0.5, 0.6) is 5.75 Å². The Labute approximate surface area is 159 Å². The second-order valence-electron chi connectivity index (χ2n) is 7.20. The molecule has 0 spiro atoms. The van der Waals surface area contributed by atoms with E-state index in [1.54, 1.807) is 7.11 Å². The van der Waals surface area contributed by atoms with Crippen molar-refractivity contribution in [3.05, 3.63) is 59.7 Å². The molecule has 0 saturated carbocycles. The summed E-state index contributed by atoms with van der Waals surface area (Å²) in [6.07, 6.45) is 0.994. The van der Waals surface area contributed by atoms with Crippen LogP contribution in [-0.4, -0.2) is 49.9 Å². The van der Waals surface area contributed by atoms with Crippen molar-refractivity contribution in [2.24, 2.45) is 5.92 Å². The number of methoxy groups -OCH3 is 1. The van der Waals surface area contributed by atoms with E-state index >= 15 is 0 Å². The molecule has 0 aromatic heterocycles. The highest BCUT2D eigenvalue weighted by molar-refractivity contribution is 6.01. The molecule has 4 rings (SSSR count). The van der Waals surface area contributed by atoms with Gasteiger partial charge in [0.05, 0.1) is 7.11 Å². The van der Waals surface area contributed by atoms with Gasteiger partial charge in [0.25, 0.3) is 0 Å². The van der Waals surface area contributed by atoms with Gasteiger partial charge in [-0.1, -0.05) is 24.3 Å². The molecule has 1 aliphatic carbocycles. The molecule has 1 atom stereocenters. The molecule has 1 aliphatic heterocycles. The van der Waals surface area contributed by atoms with Crippen LogP contribution in [0.1, 0.15) is 22.3 Å².